The molecular formula is C15H19F3N2O2. The summed E-state index contributed by atoms with van der Waals surface area (Å²) in [5.74, 6) is -0.331. The highest BCUT2D eigenvalue weighted by molar-refractivity contribution is 5.90. The SMILES string of the molecule is O=C(CCN(CCO)C1CC1)Nc1cccc(C(F)(F)F)c1. The number of halogens is 3. The van der Waals surface area contributed by atoms with Crippen LogP contribution in [0.3, 0.4) is 0 Å². The molecule has 1 saturated carbocycles. The zero-order valence-electron chi connectivity index (χ0n) is 12.1. The van der Waals surface area contributed by atoms with Crippen LogP contribution in [0.5, 0.6) is 0 Å². The molecule has 7 heteroatoms. The van der Waals surface area contributed by atoms with Crippen LogP contribution in [0.25, 0.3) is 0 Å². The van der Waals surface area contributed by atoms with E-state index in [1.165, 1.54) is 12.1 Å². The number of alkyl halides is 3. The summed E-state index contributed by atoms with van der Waals surface area (Å²) < 4.78 is 37.8. The van der Waals surface area contributed by atoms with E-state index >= 15 is 0 Å². The minimum absolute atomic E-state index is 0.0335. The third-order valence-corrected chi connectivity index (χ3v) is 3.55. The number of rotatable bonds is 7. The summed E-state index contributed by atoms with van der Waals surface area (Å²) in [7, 11) is 0. The molecule has 0 aliphatic heterocycles. The van der Waals surface area contributed by atoms with Crippen LogP contribution in [0.4, 0.5) is 18.9 Å². The maximum Gasteiger partial charge on any atom is 0.416 e. The van der Waals surface area contributed by atoms with E-state index in [0.29, 0.717) is 19.1 Å². The van der Waals surface area contributed by atoms with Gasteiger partial charge < -0.3 is 10.4 Å². The topological polar surface area (TPSA) is 52.6 Å². The Labute approximate surface area is 126 Å². The number of carbonyl (C=O) groups is 1. The molecule has 1 amide bonds. The van der Waals surface area contributed by atoms with Gasteiger partial charge in [0.05, 0.1) is 12.2 Å². The first-order valence-corrected chi connectivity index (χ1v) is 7.22. The molecule has 1 aromatic rings. The van der Waals surface area contributed by atoms with Gasteiger partial charge in [-0.2, -0.15) is 13.2 Å². The molecule has 0 bridgehead atoms. The Morgan fingerprint density at radius 3 is 2.64 bits per heavy atom. The van der Waals surface area contributed by atoms with Gasteiger partial charge in [0.1, 0.15) is 0 Å². The molecule has 2 N–H and O–H groups in total. The smallest absolute Gasteiger partial charge is 0.395 e. The molecular weight excluding hydrogens is 297 g/mol. The number of nitrogens with zero attached hydrogens (tertiary/aromatic N) is 1. The minimum atomic E-state index is -4.43. The van der Waals surface area contributed by atoms with E-state index in [4.69, 9.17) is 5.11 Å². The van der Waals surface area contributed by atoms with Gasteiger partial charge in [-0.3, -0.25) is 9.69 Å². The van der Waals surface area contributed by atoms with Gasteiger partial charge in [0, 0.05) is 31.2 Å². The van der Waals surface area contributed by atoms with Gasteiger partial charge in [0.15, 0.2) is 0 Å². The molecule has 0 heterocycles. The van der Waals surface area contributed by atoms with Crippen molar-refractivity contribution in [1.29, 1.82) is 0 Å². The fraction of sp³-hybridized carbons (Fsp3) is 0.533. The summed E-state index contributed by atoms with van der Waals surface area (Å²) in [6, 6.07) is 5.00. The van der Waals surface area contributed by atoms with Crippen LogP contribution in [-0.2, 0) is 11.0 Å². The Balaban J connectivity index is 1.86. The van der Waals surface area contributed by atoms with Crippen LogP contribution >= 0.6 is 0 Å². The number of anilines is 1. The van der Waals surface area contributed by atoms with Crippen LogP contribution in [-0.4, -0.2) is 41.7 Å². The summed E-state index contributed by atoms with van der Waals surface area (Å²) >= 11 is 0. The van der Waals surface area contributed by atoms with Gasteiger partial charge in [0.25, 0.3) is 0 Å². The second kappa shape index (κ2) is 7.11. The van der Waals surface area contributed by atoms with Crippen LogP contribution in [0.2, 0.25) is 0 Å². The first-order valence-electron chi connectivity index (χ1n) is 7.22. The molecule has 0 atom stereocenters. The van der Waals surface area contributed by atoms with Crippen LogP contribution in [0.15, 0.2) is 24.3 Å². The number of aliphatic hydroxyl groups is 1. The van der Waals surface area contributed by atoms with Crippen molar-refractivity contribution in [3.8, 4) is 0 Å². The van der Waals surface area contributed by atoms with Gasteiger partial charge in [-0.15, -0.1) is 0 Å². The molecule has 1 aliphatic carbocycles. The van der Waals surface area contributed by atoms with E-state index in [2.05, 4.69) is 5.32 Å². The second-order valence-corrected chi connectivity index (χ2v) is 5.37. The Bertz CT molecular complexity index is 516. The fourth-order valence-electron chi connectivity index (χ4n) is 2.29. The van der Waals surface area contributed by atoms with Gasteiger partial charge in [-0.05, 0) is 31.0 Å². The molecule has 1 aromatic carbocycles. The summed E-state index contributed by atoms with van der Waals surface area (Å²) in [6.45, 7) is 1.04. The zero-order valence-corrected chi connectivity index (χ0v) is 12.1. The molecule has 1 aliphatic rings. The quantitative estimate of drug-likeness (QED) is 0.812. The molecule has 1 fully saturated rings. The molecule has 0 unspecified atom stereocenters. The van der Waals surface area contributed by atoms with Crippen molar-refractivity contribution in [2.24, 2.45) is 0 Å². The number of hydrogen-bond donors (Lipinski definition) is 2. The highest BCUT2D eigenvalue weighted by atomic mass is 19.4. The highest BCUT2D eigenvalue weighted by Gasteiger charge is 2.31. The van der Waals surface area contributed by atoms with Gasteiger partial charge in [-0.1, -0.05) is 6.07 Å². The van der Waals surface area contributed by atoms with E-state index in [-0.39, 0.29) is 24.6 Å². The Kier molecular flexibility index (Phi) is 5.42. The van der Waals surface area contributed by atoms with Crippen LogP contribution in [0.1, 0.15) is 24.8 Å². The van der Waals surface area contributed by atoms with Gasteiger partial charge in [0.2, 0.25) is 5.91 Å². The minimum Gasteiger partial charge on any atom is -0.395 e. The monoisotopic (exact) mass is 316 g/mol. The average Bonchev–Trinajstić information content (AvgIpc) is 3.27. The predicted molar refractivity (Wildman–Crippen MR) is 76.4 cm³/mol. The maximum absolute atomic E-state index is 12.6. The molecule has 0 radical (unpaired) electrons. The van der Waals surface area contributed by atoms with E-state index < -0.39 is 11.7 Å². The van der Waals surface area contributed by atoms with Crippen molar-refractivity contribution >= 4 is 11.6 Å². The Morgan fingerprint density at radius 1 is 1.32 bits per heavy atom. The molecule has 2 rings (SSSR count). The van der Waals surface area contributed by atoms with Crippen molar-refractivity contribution in [3.63, 3.8) is 0 Å². The third kappa shape index (κ3) is 4.99. The van der Waals surface area contributed by atoms with E-state index in [9.17, 15) is 18.0 Å². The molecule has 22 heavy (non-hydrogen) atoms. The lowest BCUT2D eigenvalue weighted by Crippen LogP contribution is -2.32. The molecule has 4 nitrogen and oxygen atoms in total. The molecule has 0 saturated heterocycles. The highest BCUT2D eigenvalue weighted by Crippen LogP contribution is 2.30. The number of amides is 1. The average molecular weight is 316 g/mol. The lowest BCUT2D eigenvalue weighted by atomic mass is 10.2. The maximum atomic E-state index is 12.6. The Morgan fingerprint density at radius 2 is 2.05 bits per heavy atom. The van der Waals surface area contributed by atoms with Crippen molar-refractivity contribution < 1.29 is 23.1 Å². The normalized spacial score (nSPS) is 15.1. The Hall–Kier alpha value is -1.60. The van der Waals surface area contributed by atoms with Crippen LogP contribution in [0, 0.1) is 0 Å². The molecule has 0 aromatic heterocycles. The number of carbonyl (C=O) groups excluding carboxylic acids is 1. The van der Waals surface area contributed by atoms with Crippen molar-refractivity contribution in [3.05, 3.63) is 29.8 Å². The van der Waals surface area contributed by atoms with E-state index in [1.807, 2.05) is 4.90 Å². The molecule has 0 spiro atoms. The number of hydrogen-bond acceptors (Lipinski definition) is 3. The van der Waals surface area contributed by atoms with E-state index in [1.54, 1.807) is 0 Å². The van der Waals surface area contributed by atoms with Crippen LogP contribution < -0.4 is 5.32 Å². The first kappa shape index (κ1) is 16.8. The van der Waals surface area contributed by atoms with E-state index in [0.717, 1.165) is 25.0 Å². The standard InChI is InChI=1S/C15H19F3N2O2/c16-15(17,18)11-2-1-3-12(10-11)19-14(22)6-7-20(8-9-21)13-4-5-13/h1-3,10,13,21H,4-9H2,(H,19,22). The zero-order chi connectivity index (χ0) is 16.2. The number of aliphatic hydroxyl groups excluding tert-OH is 1. The summed E-state index contributed by atoms with van der Waals surface area (Å²) in [5.41, 5.74) is -0.648. The largest absolute Gasteiger partial charge is 0.416 e. The molecule has 122 valence electrons. The van der Waals surface area contributed by atoms with Crippen molar-refractivity contribution in [1.82, 2.24) is 4.90 Å². The summed E-state index contributed by atoms with van der Waals surface area (Å²) in [6.07, 6.45) is -2.11. The van der Waals surface area contributed by atoms with Gasteiger partial charge in [-0.25, -0.2) is 0 Å². The number of nitrogens with one attached hydrogen (secondary N) is 1. The van der Waals surface area contributed by atoms with Crippen molar-refractivity contribution in [2.45, 2.75) is 31.5 Å². The summed E-state index contributed by atoms with van der Waals surface area (Å²) in [4.78, 5) is 13.9. The second-order valence-electron chi connectivity index (χ2n) is 5.37. The number of benzene rings is 1. The predicted octanol–water partition coefficient (Wildman–Crippen LogP) is 2.49. The lowest BCUT2D eigenvalue weighted by molar-refractivity contribution is -0.137. The first-order chi connectivity index (χ1) is 10.4. The summed E-state index contributed by atoms with van der Waals surface area (Å²) in [5, 5.41) is 11.5. The van der Waals surface area contributed by atoms with Gasteiger partial charge >= 0.3 is 6.18 Å². The third-order valence-electron chi connectivity index (χ3n) is 3.55. The fourth-order valence-corrected chi connectivity index (χ4v) is 2.29. The lowest BCUT2D eigenvalue weighted by Gasteiger charge is -2.20. The van der Waals surface area contributed by atoms with Crippen molar-refractivity contribution in [2.75, 3.05) is 25.0 Å².